The fourth-order valence-electron chi connectivity index (χ4n) is 2.23. The Bertz CT molecular complexity index is 598. The van der Waals surface area contributed by atoms with E-state index >= 15 is 0 Å². The van der Waals surface area contributed by atoms with Crippen LogP contribution in [0.5, 0.6) is 11.5 Å². The van der Waals surface area contributed by atoms with Gasteiger partial charge in [0.2, 0.25) is 0 Å². The van der Waals surface area contributed by atoms with Crippen molar-refractivity contribution in [3.63, 3.8) is 0 Å². The molecule has 0 radical (unpaired) electrons. The molecule has 0 aliphatic carbocycles. The van der Waals surface area contributed by atoms with E-state index in [1.807, 2.05) is 42.5 Å². The van der Waals surface area contributed by atoms with Crippen LogP contribution in [0, 0.1) is 0 Å². The van der Waals surface area contributed by atoms with E-state index in [0.29, 0.717) is 19.8 Å². The summed E-state index contributed by atoms with van der Waals surface area (Å²) in [6, 6.07) is 13.7. The maximum Gasteiger partial charge on any atom is 0.161 e. The van der Waals surface area contributed by atoms with Gasteiger partial charge in [-0.15, -0.1) is 0 Å². The van der Waals surface area contributed by atoms with Crippen LogP contribution in [-0.2, 0) is 13.2 Å². The molecule has 0 atom stereocenters. The number of hydrogen-bond acceptors (Lipinski definition) is 4. The van der Waals surface area contributed by atoms with Crippen LogP contribution >= 0.6 is 0 Å². The summed E-state index contributed by atoms with van der Waals surface area (Å²) in [5.74, 6) is 1.60. The number of aliphatic hydroxyl groups excluding tert-OH is 1. The van der Waals surface area contributed by atoms with Gasteiger partial charge in [-0.3, -0.25) is 0 Å². The average Bonchev–Trinajstić information content (AvgIpc) is 2.53. The lowest BCUT2D eigenvalue weighted by Crippen LogP contribution is -2.15. The van der Waals surface area contributed by atoms with Gasteiger partial charge < -0.3 is 19.9 Å². The molecule has 4 heteroatoms. The lowest BCUT2D eigenvalue weighted by Gasteiger charge is -2.19. The van der Waals surface area contributed by atoms with Crippen molar-refractivity contribution < 1.29 is 14.6 Å². The first-order chi connectivity index (χ1) is 9.86. The molecule has 4 nitrogen and oxygen atoms in total. The molecule has 0 spiro atoms. The summed E-state index contributed by atoms with van der Waals surface area (Å²) in [6.07, 6.45) is 0. The van der Waals surface area contributed by atoms with Crippen LogP contribution in [0.3, 0.4) is 0 Å². The molecule has 0 saturated carbocycles. The smallest absolute Gasteiger partial charge is 0.161 e. The Morgan fingerprint density at radius 1 is 1.00 bits per heavy atom. The van der Waals surface area contributed by atoms with E-state index < -0.39 is 0 Å². The van der Waals surface area contributed by atoms with Crippen LogP contribution in [0.25, 0.3) is 0 Å². The minimum atomic E-state index is 0.0321. The van der Waals surface area contributed by atoms with Crippen LogP contribution < -0.4 is 14.8 Å². The third kappa shape index (κ3) is 2.70. The second kappa shape index (κ2) is 5.84. The quantitative estimate of drug-likeness (QED) is 0.897. The van der Waals surface area contributed by atoms with Gasteiger partial charge >= 0.3 is 0 Å². The molecule has 0 saturated heterocycles. The molecule has 2 aromatic carbocycles. The van der Waals surface area contributed by atoms with Gasteiger partial charge in [0.1, 0.15) is 13.2 Å². The lowest BCUT2D eigenvalue weighted by molar-refractivity contribution is 0.171. The van der Waals surface area contributed by atoms with Crippen molar-refractivity contribution in [3.8, 4) is 11.5 Å². The molecule has 0 fully saturated rings. The van der Waals surface area contributed by atoms with E-state index in [9.17, 15) is 5.11 Å². The maximum atomic E-state index is 9.30. The number of para-hydroxylation sites is 1. The van der Waals surface area contributed by atoms with Gasteiger partial charge in [-0.1, -0.05) is 24.3 Å². The summed E-state index contributed by atoms with van der Waals surface area (Å²) in [5, 5.41) is 12.6. The Balaban J connectivity index is 1.72. The summed E-state index contributed by atoms with van der Waals surface area (Å²) in [5.41, 5.74) is 2.96. The van der Waals surface area contributed by atoms with Gasteiger partial charge in [-0.2, -0.15) is 0 Å². The fourth-order valence-corrected chi connectivity index (χ4v) is 2.23. The number of aliphatic hydroxyl groups is 1. The zero-order chi connectivity index (χ0) is 13.8. The number of fused-ring (bicyclic) bond motifs is 1. The molecule has 1 aliphatic rings. The molecule has 1 heterocycles. The van der Waals surface area contributed by atoms with E-state index in [4.69, 9.17) is 9.47 Å². The second-order valence-corrected chi connectivity index (χ2v) is 4.65. The third-order valence-electron chi connectivity index (χ3n) is 3.28. The monoisotopic (exact) mass is 271 g/mol. The zero-order valence-corrected chi connectivity index (χ0v) is 11.1. The van der Waals surface area contributed by atoms with Crippen LogP contribution in [0.2, 0.25) is 0 Å². The van der Waals surface area contributed by atoms with Gasteiger partial charge in [0.25, 0.3) is 0 Å². The van der Waals surface area contributed by atoms with Crippen molar-refractivity contribution in [2.75, 3.05) is 18.5 Å². The molecule has 0 unspecified atom stereocenters. The van der Waals surface area contributed by atoms with Gasteiger partial charge in [0.05, 0.1) is 6.61 Å². The Morgan fingerprint density at radius 2 is 1.80 bits per heavy atom. The Hall–Kier alpha value is -2.20. The first kappa shape index (κ1) is 12.8. The zero-order valence-electron chi connectivity index (χ0n) is 11.1. The standard InChI is InChI=1S/C16H17NO3/c18-11-13-3-1-2-4-14(13)17-10-12-5-6-15-16(9-12)20-8-7-19-15/h1-6,9,17-18H,7-8,10-11H2. The average molecular weight is 271 g/mol. The highest BCUT2D eigenvalue weighted by Crippen LogP contribution is 2.31. The molecule has 0 bridgehead atoms. The number of hydrogen-bond donors (Lipinski definition) is 2. The molecule has 104 valence electrons. The summed E-state index contributed by atoms with van der Waals surface area (Å²) in [6.45, 7) is 1.91. The van der Waals surface area contributed by atoms with Gasteiger partial charge in [0.15, 0.2) is 11.5 Å². The van der Waals surface area contributed by atoms with Crippen LogP contribution in [-0.4, -0.2) is 18.3 Å². The van der Waals surface area contributed by atoms with Crippen molar-refractivity contribution in [2.45, 2.75) is 13.2 Å². The minimum absolute atomic E-state index is 0.0321. The Kier molecular flexibility index (Phi) is 3.74. The third-order valence-corrected chi connectivity index (χ3v) is 3.28. The molecule has 0 aromatic heterocycles. The van der Waals surface area contributed by atoms with Crippen molar-refractivity contribution in [2.24, 2.45) is 0 Å². The van der Waals surface area contributed by atoms with Gasteiger partial charge in [-0.25, -0.2) is 0 Å². The highest BCUT2D eigenvalue weighted by atomic mass is 16.6. The van der Waals surface area contributed by atoms with E-state index in [2.05, 4.69) is 5.32 Å². The van der Waals surface area contributed by atoms with Gasteiger partial charge in [-0.05, 0) is 23.8 Å². The lowest BCUT2D eigenvalue weighted by atomic mass is 10.1. The van der Waals surface area contributed by atoms with Crippen molar-refractivity contribution in [1.29, 1.82) is 0 Å². The number of nitrogens with one attached hydrogen (secondary N) is 1. The van der Waals surface area contributed by atoms with Crippen molar-refractivity contribution in [3.05, 3.63) is 53.6 Å². The molecule has 1 aliphatic heterocycles. The second-order valence-electron chi connectivity index (χ2n) is 4.65. The fraction of sp³-hybridized carbons (Fsp3) is 0.250. The SMILES string of the molecule is OCc1ccccc1NCc1ccc2c(c1)OCCO2. The molecule has 0 amide bonds. The topological polar surface area (TPSA) is 50.7 Å². The molecular formula is C16H17NO3. The summed E-state index contributed by atoms with van der Waals surface area (Å²) in [4.78, 5) is 0. The normalized spacial score (nSPS) is 13.1. The molecule has 20 heavy (non-hydrogen) atoms. The summed E-state index contributed by atoms with van der Waals surface area (Å²) >= 11 is 0. The number of anilines is 1. The molecular weight excluding hydrogens is 254 g/mol. The van der Waals surface area contributed by atoms with Crippen LogP contribution in [0.15, 0.2) is 42.5 Å². The number of rotatable bonds is 4. The van der Waals surface area contributed by atoms with E-state index in [1.165, 1.54) is 0 Å². The van der Waals surface area contributed by atoms with Crippen molar-refractivity contribution >= 4 is 5.69 Å². The minimum Gasteiger partial charge on any atom is -0.486 e. The Labute approximate surface area is 118 Å². The van der Waals surface area contributed by atoms with Crippen molar-refractivity contribution in [1.82, 2.24) is 0 Å². The predicted octanol–water partition coefficient (Wildman–Crippen LogP) is 2.56. The van der Waals surface area contributed by atoms with E-state index in [-0.39, 0.29) is 6.61 Å². The predicted molar refractivity (Wildman–Crippen MR) is 77.1 cm³/mol. The van der Waals surface area contributed by atoms with Crippen LogP contribution in [0.1, 0.15) is 11.1 Å². The number of ether oxygens (including phenoxy) is 2. The number of benzene rings is 2. The summed E-state index contributed by atoms with van der Waals surface area (Å²) < 4.78 is 11.1. The molecule has 2 aromatic rings. The van der Waals surface area contributed by atoms with Gasteiger partial charge in [0, 0.05) is 17.8 Å². The first-order valence-electron chi connectivity index (χ1n) is 6.68. The van der Waals surface area contributed by atoms with Crippen LogP contribution in [0.4, 0.5) is 5.69 Å². The van der Waals surface area contributed by atoms with E-state index in [0.717, 1.165) is 28.3 Å². The Morgan fingerprint density at radius 3 is 2.65 bits per heavy atom. The largest absolute Gasteiger partial charge is 0.486 e. The maximum absolute atomic E-state index is 9.30. The molecule has 2 N–H and O–H groups in total. The molecule has 3 rings (SSSR count). The highest BCUT2D eigenvalue weighted by molar-refractivity contribution is 5.52. The highest BCUT2D eigenvalue weighted by Gasteiger charge is 2.11. The van der Waals surface area contributed by atoms with E-state index in [1.54, 1.807) is 0 Å². The first-order valence-corrected chi connectivity index (χ1v) is 6.68. The summed E-state index contributed by atoms with van der Waals surface area (Å²) in [7, 11) is 0.